The number of ether oxygens (including phenoxy) is 1. The normalized spacial score (nSPS) is 11.1. The molecule has 0 saturated heterocycles. The molecule has 4 aromatic rings. The molecule has 9 heteroatoms. The number of hydrogen-bond acceptors (Lipinski definition) is 5. The molecule has 0 saturated carbocycles. The molecule has 2 amide bonds. The highest BCUT2D eigenvalue weighted by Crippen LogP contribution is 2.31. The number of rotatable bonds is 8. The maximum atomic E-state index is 13.2. The summed E-state index contributed by atoms with van der Waals surface area (Å²) in [5.74, 6) is -0.330. The second-order valence-corrected chi connectivity index (χ2v) is 10.4. The van der Waals surface area contributed by atoms with E-state index in [1.165, 1.54) is 50.4 Å². The molecule has 1 N–H and O–H groups in total. The van der Waals surface area contributed by atoms with Gasteiger partial charge in [0, 0.05) is 30.7 Å². The Balaban J connectivity index is 1.45. The first-order chi connectivity index (χ1) is 17.7. The maximum absolute atomic E-state index is 13.2. The lowest BCUT2D eigenvalue weighted by atomic mass is 10.1. The first kappa shape index (κ1) is 25.7. The van der Waals surface area contributed by atoms with E-state index in [9.17, 15) is 18.0 Å². The minimum Gasteiger partial charge on any atom is -0.495 e. The summed E-state index contributed by atoms with van der Waals surface area (Å²) in [5, 5.41) is 4.76. The first-order valence-corrected chi connectivity index (χ1v) is 12.9. The highest BCUT2D eigenvalue weighted by molar-refractivity contribution is 7.92. The number of nitrogens with one attached hydrogen (secondary N) is 1. The second-order valence-electron chi connectivity index (χ2n) is 8.40. The van der Waals surface area contributed by atoms with Crippen molar-refractivity contribution in [1.82, 2.24) is 4.90 Å². The van der Waals surface area contributed by atoms with E-state index >= 15 is 0 Å². The Morgan fingerprint density at radius 1 is 0.838 bits per heavy atom. The number of fused-ring (bicyclic) bond motifs is 1. The molecule has 0 aromatic heterocycles. The summed E-state index contributed by atoms with van der Waals surface area (Å²) in [5.41, 5.74) is 1.32. The van der Waals surface area contributed by atoms with Crippen LogP contribution in [0.5, 0.6) is 5.75 Å². The second kappa shape index (κ2) is 10.7. The average molecular weight is 518 g/mol. The average Bonchev–Trinajstić information content (AvgIpc) is 2.92. The quantitative estimate of drug-likeness (QED) is 0.374. The molecule has 0 fully saturated rings. The molecule has 0 bridgehead atoms. The van der Waals surface area contributed by atoms with Gasteiger partial charge >= 0.3 is 0 Å². The van der Waals surface area contributed by atoms with Gasteiger partial charge in [-0.15, -0.1) is 0 Å². The number of sulfonamides is 1. The van der Waals surface area contributed by atoms with Gasteiger partial charge in [0.05, 0.1) is 24.2 Å². The molecule has 190 valence electrons. The summed E-state index contributed by atoms with van der Waals surface area (Å²) in [6.45, 7) is -0.168. The van der Waals surface area contributed by atoms with Gasteiger partial charge < -0.3 is 15.0 Å². The van der Waals surface area contributed by atoms with Gasteiger partial charge in [-0.1, -0.05) is 48.5 Å². The lowest BCUT2D eigenvalue weighted by Crippen LogP contribution is -2.35. The molecule has 4 rings (SSSR count). The Hall–Kier alpha value is -4.37. The number of anilines is 2. The number of carbonyl (C=O) groups excluding carboxylic acids is 2. The molecule has 0 aliphatic heterocycles. The molecule has 8 nitrogen and oxygen atoms in total. The number of likely N-dealkylation sites (N-methyl/N-ethyl adjacent to an activating group) is 1. The molecule has 0 atom stereocenters. The van der Waals surface area contributed by atoms with E-state index in [0.29, 0.717) is 17.1 Å². The number of hydrogen-bond donors (Lipinski definition) is 1. The Kier molecular flexibility index (Phi) is 7.45. The van der Waals surface area contributed by atoms with Crippen LogP contribution in [0.1, 0.15) is 10.4 Å². The summed E-state index contributed by atoms with van der Waals surface area (Å²) in [6.07, 6.45) is 0. The fraction of sp³-hybridized carbons (Fsp3) is 0.143. The van der Waals surface area contributed by atoms with Crippen LogP contribution in [-0.4, -0.2) is 52.9 Å². The third kappa shape index (κ3) is 5.41. The van der Waals surface area contributed by atoms with Crippen molar-refractivity contribution in [2.45, 2.75) is 4.90 Å². The van der Waals surface area contributed by atoms with E-state index < -0.39 is 15.9 Å². The molecule has 4 aromatic carbocycles. The summed E-state index contributed by atoms with van der Waals surface area (Å²) in [7, 11) is 0.534. The van der Waals surface area contributed by atoms with Gasteiger partial charge in [0.1, 0.15) is 5.75 Å². The van der Waals surface area contributed by atoms with Gasteiger partial charge in [0.2, 0.25) is 5.91 Å². The van der Waals surface area contributed by atoms with Crippen molar-refractivity contribution >= 4 is 44.0 Å². The van der Waals surface area contributed by atoms with Gasteiger partial charge in [-0.2, -0.15) is 0 Å². The van der Waals surface area contributed by atoms with Crippen LogP contribution >= 0.6 is 0 Å². The summed E-state index contributed by atoms with van der Waals surface area (Å²) in [6, 6.07) is 25.7. The van der Waals surface area contributed by atoms with Crippen molar-refractivity contribution in [2.75, 3.05) is 37.4 Å². The Bertz CT molecular complexity index is 1550. The predicted octanol–water partition coefficient (Wildman–Crippen LogP) is 4.38. The number of nitrogens with zero attached hydrogens (tertiary/aromatic N) is 2. The fourth-order valence-corrected chi connectivity index (χ4v) is 5.18. The first-order valence-electron chi connectivity index (χ1n) is 11.5. The number of para-hydroxylation sites is 2. The third-order valence-electron chi connectivity index (χ3n) is 5.98. The zero-order valence-corrected chi connectivity index (χ0v) is 21.5. The van der Waals surface area contributed by atoms with Crippen molar-refractivity contribution in [3.05, 3.63) is 96.6 Å². The van der Waals surface area contributed by atoms with Crippen LogP contribution in [0.25, 0.3) is 10.8 Å². The van der Waals surface area contributed by atoms with Gasteiger partial charge in [-0.05, 0) is 47.9 Å². The lowest BCUT2D eigenvalue weighted by molar-refractivity contribution is -0.116. The monoisotopic (exact) mass is 517 g/mol. The predicted molar refractivity (Wildman–Crippen MR) is 145 cm³/mol. The number of methoxy groups -OCH3 is 1. The zero-order chi connectivity index (χ0) is 26.6. The van der Waals surface area contributed by atoms with Crippen LogP contribution in [0.15, 0.2) is 95.9 Å². The molecule has 0 spiro atoms. The Morgan fingerprint density at radius 2 is 1.49 bits per heavy atom. The van der Waals surface area contributed by atoms with E-state index in [1.54, 1.807) is 24.3 Å². The highest BCUT2D eigenvalue weighted by atomic mass is 32.2. The van der Waals surface area contributed by atoms with Crippen molar-refractivity contribution in [2.24, 2.45) is 0 Å². The fourth-order valence-electron chi connectivity index (χ4n) is 3.98. The summed E-state index contributed by atoms with van der Waals surface area (Å²) >= 11 is 0. The SMILES string of the molecule is COc1ccccc1N(C)S(=O)(=O)c1ccc(C(=O)N(C)CC(=O)Nc2cccc3ccccc23)cc1. The molecular weight excluding hydrogens is 490 g/mol. The van der Waals surface area contributed by atoms with Crippen molar-refractivity contribution in [1.29, 1.82) is 0 Å². The van der Waals surface area contributed by atoms with Gasteiger partial charge in [-0.25, -0.2) is 8.42 Å². The van der Waals surface area contributed by atoms with E-state index in [2.05, 4.69) is 5.32 Å². The Labute approximate surface area is 216 Å². The maximum Gasteiger partial charge on any atom is 0.264 e. The summed E-state index contributed by atoms with van der Waals surface area (Å²) in [4.78, 5) is 26.9. The third-order valence-corrected chi connectivity index (χ3v) is 7.76. The van der Waals surface area contributed by atoms with E-state index in [1.807, 2.05) is 42.5 Å². The van der Waals surface area contributed by atoms with Gasteiger partial charge in [0.25, 0.3) is 15.9 Å². The molecule has 0 heterocycles. The zero-order valence-electron chi connectivity index (χ0n) is 20.7. The van der Waals surface area contributed by atoms with Gasteiger partial charge in [-0.3, -0.25) is 13.9 Å². The standard InChI is InChI=1S/C28H27N3O5S/c1-30(19-27(32)29-24-12-8-10-20-9-4-5-11-23(20)24)28(33)21-15-17-22(18-16-21)37(34,35)31(2)25-13-6-7-14-26(25)36-3/h4-18H,19H2,1-3H3,(H,29,32). The molecule has 0 aliphatic rings. The van der Waals surface area contributed by atoms with Crippen LogP contribution in [0, 0.1) is 0 Å². The molecule has 0 radical (unpaired) electrons. The number of benzene rings is 4. The number of carbonyl (C=O) groups is 2. The topological polar surface area (TPSA) is 96.0 Å². The minimum atomic E-state index is -3.89. The van der Waals surface area contributed by atoms with E-state index in [0.717, 1.165) is 15.1 Å². The lowest BCUT2D eigenvalue weighted by Gasteiger charge is -2.22. The van der Waals surface area contributed by atoms with Crippen LogP contribution < -0.4 is 14.4 Å². The van der Waals surface area contributed by atoms with Crippen LogP contribution in [0.3, 0.4) is 0 Å². The van der Waals surface area contributed by atoms with E-state index in [4.69, 9.17) is 4.74 Å². The largest absolute Gasteiger partial charge is 0.495 e. The van der Waals surface area contributed by atoms with Crippen LogP contribution in [0.4, 0.5) is 11.4 Å². The van der Waals surface area contributed by atoms with E-state index in [-0.39, 0.29) is 22.9 Å². The van der Waals surface area contributed by atoms with Gasteiger partial charge in [0.15, 0.2) is 0 Å². The smallest absolute Gasteiger partial charge is 0.264 e. The van der Waals surface area contributed by atoms with Crippen LogP contribution in [0.2, 0.25) is 0 Å². The highest BCUT2D eigenvalue weighted by Gasteiger charge is 2.24. The van der Waals surface area contributed by atoms with Crippen molar-refractivity contribution in [3.8, 4) is 5.75 Å². The molecule has 37 heavy (non-hydrogen) atoms. The Morgan fingerprint density at radius 3 is 2.22 bits per heavy atom. The van der Waals surface area contributed by atoms with Crippen molar-refractivity contribution < 1.29 is 22.7 Å². The van der Waals surface area contributed by atoms with Crippen molar-refractivity contribution in [3.63, 3.8) is 0 Å². The molecular formula is C28H27N3O5S. The molecule has 0 aliphatic carbocycles. The van der Waals surface area contributed by atoms with Crippen LogP contribution in [-0.2, 0) is 14.8 Å². The minimum absolute atomic E-state index is 0.0220. The number of amides is 2. The summed E-state index contributed by atoms with van der Waals surface area (Å²) < 4.78 is 32.7. The molecule has 0 unspecified atom stereocenters.